The number of amides is 1. The molecule has 0 aliphatic heterocycles. The molecule has 0 spiro atoms. The smallest absolute Gasteiger partial charge is 0.475 e. The number of esters is 2. The van der Waals surface area contributed by atoms with E-state index in [1.54, 1.807) is 0 Å². The standard InChI is InChI=1S/C12H14N2O5.C2HF3O2/c1-18-11(16)7-3-8(12(17)19-2)5-9(4-7)14-10(15)6-13;3-2(4,5)1(6)7/h3-5H,6,13H2,1-2H3,(H,14,15);(H,6,7). The number of carboxylic acids is 1. The Bertz CT molecular complexity index is 655. The van der Waals surface area contributed by atoms with Crippen LogP contribution in [0.3, 0.4) is 0 Å². The molecular weight excluding hydrogens is 365 g/mol. The van der Waals surface area contributed by atoms with Gasteiger partial charge >= 0.3 is 24.1 Å². The molecule has 26 heavy (non-hydrogen) atoms. The quantitative estimate of drug-likeness (QED) is 0.650. The summed E-state index contributed by atoms with van der Waals surface area (Å²) in [5.41, 5.74) is 5.68. The van der Waals surface area contributed by atoms with Crippen LogP contribution in [0, 0.1) is 0 Å². The number of rotatable bonds is 4. The normalized spacial score (nSPS) is 10.1. The fraction of sp³-hybridized carbons (Fsp3) is 0.286. The molecule has 1 amide bonds. The van der Waals surface area contributed by atoms with Crippen LogP contribution < -0.4 is 11.1 Å². The first kappa shape index (κ1) is 22.9. The van der Waals surface area contributed by atoms with Gasteiger partial charge in [0.05, 0.1) is 31.9 Å². The van der Waals surface area contributed by atoms with Crippen molar-refractivity contribution < 1.29 is 46.9 Å². The number of anilines is 1. The Kier molecular flexibility index (Phi) is 8.77. The Morgan fingerprint density at radius 2 is 1.42 bits per heavy atom. The summed E-state index contributed by atoms with van der Waals surface area (Å²) in [6.07, 6.45) is -5.08. The van der Waals surface area contributed by atoms with Crippen LogP contribution in [0.25, 0.3) is 0 Å². The predicted octanol–water partition coefficient (Wildman–Crippen LogP) is 0.790. The van der Waals surface area contributed by atoms with Gasteiger partial charge in [-0.25, -0.2) is 14.4 Å². The summed E-state index contributed by atoms with van der Waals surface area (Å²) < 4.78 is 40.9. The Hall–Kier alpha value is -3.15. The summed E-state index contributed by atoms with van der Waals surface area (Å²) >= 11 is 0. The second-order valence-corrected chi connectivity index (χ2v) is 4.34. The monoisotopic (exact) mass is 380 g/mol. The number of hydrogen-bond acceptors (Lipinski definition) is 7. The number of halogens is 3. The van der Waals surface area contributed by atoms with Crippen molar-refractivity contribution in [3.05, 3.63) is 29.3 Å². The summed E-state index contributed by atoms with van der Waals surface area (Å²) in [6, 6.07) is 4.08. The van der Waals surface area contributed by atoms with Crippen molar-refractivity contribution in [2.75, 3.05) is 26.1 Å². The lowest BCUT2D eigenvalue weighted by atomic mass is 10.1. The molecule has 4 N–H and O–H groups in total. The van der Waals surface area contributed by atoms with Crippen LogP contribution in [0.5, 0.6) is 0 Å². The number of aliphatic carboxylic acids is 1. The summed E-state index contributed by atoms with van der Waals surface area (Å²) in [7, 11) is 2.43. The first-order chi connectivity index (χ1) is 12.0. The average Bonchev–Trinajstić information content (AvgIpc) is 2.59. The van der Waals surface area contributed by atoms with Crippen molar-refractivity contribution in [1.82, 2.24) is 0 Å². The molecule has 0 fully saturated rings. The van der Waals surface area contributed by atoms with Crippen LogP contribution in [0.15, 0.2) is 18.2 Å². The highest BCUT2D eigenvalue weighted by Crippen LogP contribution is 2.17. The Morgan fingerprint density at radius 3 is 1.69 bits per heavy atom. The highest BCUT2D eigenvalue weighted by molar-refractivity contribution is 5.99. The maximum absolute atomic E-state index is 11.5. The molecule has 0 aliphatic carbocycles. The van der Waals surface area contributed by atoms with Crippen LogP contribution in [0.4, 0.5) is 18.9 Å². The number of carboxylic acid groups (broad SMARTS) is 1. The largest absolute Gasteiger partial charge is 0.490 e. The van der Waals surface area contributed by atoms with Crippen LogP contribution in [-0.4, -0.2) is 55.9 Å². The second-order valence-electron chi connectivity index (χ2n) is 4.34. The van der Waals surface area contributed by atoms with Crippen molar-refractivity contribution in [2.24, 2.45) is 5.73 Å². The number of carbonyl (C=O) groups is 4. The van der Waals surface area contributed by atoms with Gasteiger partial charge in [-0.2, -0.15) is 13.2 Å². The molecule has 0 heterocycles. The van der Waals surface area contributed by atoms with E-state index in [0.717, 1.165) is 0 Å². The minimum Gasteiger partial charge on any atom is -0.475 e. The highest BCUT2D eigenvalue weighted by Gasteiger charge is 2.38. The zero-order chi connectivity index (χ0) is 20.5. The number of benzene rings is 1. The zero-order valence-corrected chi connectivity index (χ0v) is 13.5. The van der Waals surface area contributed by atoms with Crippen molar-refractivity contribution in [1.29, 1.82) is 0 Å². The molecule has 0 unspecified atom stereocenters. The summed E-state index contributed by atoms with van der Waals surface area (Å²) in [4.78, 5) is 43.1. The van der Waals surface area contributed by atoms with Gasteiger partial charge in [-0.05, 0) is 18.2 Å². The fourth-order valence-corrected chi connectivity index (χ4v) is 1.38. The molecular formula is C14H15F3N2O7. The van der Waals surface area contributed by atoms with Crippen molar-refractivity contribution in [3.63, 3.8) is 0 Å². The SMILES string of the molecule is COC(=O)c1cc(NC(=O)CN)cc(C(=O)OC)c1.O=C(O)C(F)(F)F. The number of ether oxygens (including phenoxy) is 2. The Labute approximate surface area is 144 Å². The van der Waals surface area contributed by atoms with Gasteiger partial charge in [-0.1, -0.05) is 0 Å². The lowest BCUT2D eigenvalue weighted by Crippen LogP contribution is -2.22. The maximum Gasteiger partial charge on any atom is 0.490 e. The lowest BCUT2D eigenvalue weighted by molar-refractivity contribution is -0.192. The number of alkyl halides is 3. The van der Waals surface area contributed by atoms with Crippen molar-refractivity contribution in [3.8, 4) is 0 Å². The zero-order valence-electron chi connectivity index (χ0n) is 13.5. The molecule has 0 bridgehead atoms. The molecule has 1 aromatic rings. The minimum atomic E-state index is -5.08. The molecule has 1 rings (SSSR count). The first-order valence-corrected chi connectivity index (χ1v) is 6.58. The van der Waals surface area contributed by atoms with E-state index in [1.165, 1.54) is 32.4 Å². The molecule has 0 saturated carbocycles. The third-order valence-corrected chi connectivity index (χ3v) is 2.49. The van der Waals surface area contributed by atoms with E-state index in [4.69, 9.17) is 15.6 Å². The molecule has 144 valence electrons. The van der Waals surface area contributed by atoms with Gasteiger partial charge in [0.25, 0.3) is 0 Å². The van der Waals surface area contributed by atoms with Crippen molar-refractivity contribution in [2.45, 2.75) is 6.18 Å². The summed E-state index contributed by atoms with van der Waals surface area (Å²) in [6.45, 7) is -0.212. The van der Waals surface area contributed by atoms with Gasteiger partial charge in [-0.3, -0.25) is 4.79 Å². The maximum atomic E-state index is 11.5. The van der Waals surface area contributed by atoms with Gasteiger partial charge in [0.1, 0.15) is 0 Å². The topological polar surface area (TPSA) is 145 Å². The van der Waals surface area contributed by atoms with Crippen LogP contribution in [-0.2, 0) is 19.1 Å². The molecule has 0 radical (unpaired) electrons. The lowest BCUT2D eigenvalue weighted by Gasteiger charge is -2.08. The predicted molar refractivity (Wildman–Crippen MR) is 80.5 cm³/mol. The van der Waals surface area contributed by atoms with Gasteiger partial charge in [-0.15, -0.1) is 0 Å². The van der Waals surface area contributed by atoms with E-state index < -0.39 is 30.0 Å². The minimum absolute atomic E-state index is 0.123. The first-order valence-electron chi connectivity index (χ1n) is 6.58. The number of carbonyl (C=O) groups excluding carboxylic acids is 3. The summed E-state index contributed by atoms with van der Waals surface area (Å²) in [5.74, 6) is -4.46. The number of hydrogen-bond donors (Lipinski definition) is 3. The molecule has 0 atom stereocenters. The molecule has 9 nitrogen and oxygen atoms in total. The number of nitrogens with one attached hydrogen (secondary N) is 1. The van der Waals surface area contributed by atoms with Crippen molar-refractivity contribution >= 4 is 29.5 Å². The Balaban J connectivity index is 0.000000758. The highest BCUT2D eigenvalue weighted by atomic mass is 19.4. The van der Waals surface area contributed by atoms with E-state index in [2.05, 4.69) is 14.8 Å². The number of nitrogens with two attached hydrogens (primary N) is 1. The second kappa shape index (κ2) is 9.98. The van der Waals surface area contributed by atoms with Crippen LogP contribution in [0.1, 0.15) is 20.7 Å². The molecule has 0 aliphatic rings. The van der Waals surface area contributed by atoms with E-state index in [1.807, 2.05) is 0 Å². The van der Waals surface area contributed by atoms with Crippen LogP contribution >= 0.6 is 0 Å². The van der Waals surface area contributed by atoms with E-state index in [-0.39, 0.29) is 23.4 Å². The molecule has 12 heteroatoms. The van der Waals surface area contributed by atoms with E-state index in [0.29, 0.717) is 0 Å². The Morgan fingerprint density at radius 1 is 1.04 bits per heavy atom. The molecule has 1 aromatic carbocycles. The van der Waals surface area contributed by atoms with E-state index >= 15 is 0 Å². The molecule has 0 saturated heterocycles. The average molecular weight is 380 g/mol. The van der Waals surface area contributed by atoms with E-state index in [9.17, 15) is 27.6 Å². The fourth-order valence-electron chi connectivity index (χ4n) is 1.38. The van der Waals surface area contributed by atoms with Gasteiger partial charge in [0.15, 0.2) is 0 Å². The van der Waals surface area contributed by atoms with Crippen LogP contribution in [0.2, 0.25) is 0 Å². The number of methoxy groups -OCH3 is 2. The third kappa shape index (κ3) is 7.61. The van der Waals surface area contributed by atoms with Gasteiger partial charge in [0.2, 0.25) is 5.91 Å². The van der Waals surface area contributed by atoms with Gasteiger partial charge in [0, 0.05) is 5.69 Å². The third-order valence-electron chi connectivity index (χ3n) is 2.49. The summed E-state index contributed by atoms with van der Waals surface area (Å²) in [5, 5.41) is 9.58. The van der Waals surface area contributed by atoms with Gasteiger partial charge < -0.3 is 25.6 Å². The molecule has 0 aromatic heterocycles.